The van der Waals surface area contributed by atoms with Crippen LogP contribution in [0.4, 0.5) is 0 Å². The van der Waals surface area contributed by atoms with Crippen molar-refractivity contribution in [3.05, 3.63) is 11.6 Å². The Kier molecular flexibility index (Phi) is 10.1. The van der Waals surface area contributed by atoms with Crippen LogP contribution in [0.2, 0.25) is 0 Å². The monoisotopic (exact) mass is 363 g/mol. The first-order valence-electron chi connectivity index (χ1n) is 8.01. The van der Waals surface area contributed by atoms with Crippen molar-refractivity contribution >= 4 is 20.0 Å². The summed E-state index contributed by atoms with van der Waals surface area (Å²) >= 11 is 0. The fourth-order valence-corrected chi connectivity index (χ4v) is 4.21. The van der Waals surface area contributed by atoms with Gasteiger partial charge in [-0.25, -0.2) is 4.79 Å². The molecule has 0 fully saturated rings. The molecule has 0 spiro atoms. The lowest BCUT2D eigenvalue weighted by Gasteiger charge is -2.24. The zero-order valence-corrected chi connectivity index (χ0v) is 16.5. The maximum Gasteiger partial charge on any atom is 0.335 e. The van der Waals surface area contributed by atoms with Gasteiger partial charge in [-0.3, -0.25) is 9.36 Å². The lowest BCUT2D eigenvalue weighted by atomic mass is 10.2. The Balaban J connectivity index is 5.37. The van der Waals surface area contributed by atoms with Crippen molar-refractivity contribution in [3.8, 4) is 0 Å². The Morgan fingerprint density at radius 3 is 2.04 bits per heavy atom. The Morgan fingerprint density at radius 1 is 1.17 bits per heavy atom. The number of likely N-dealkylation sites (N-methyl/N-ethyl adjacent to an activating group) is 1. The third kappa shape index (κ3) is 8.62. The summed E-state index contributed by atoms with van der Waals surface area (Å²) in [5.41, 5.74) is 0.617. The predicted octanol–water partition coefficient (Wildman–Crippen LogP) is 3.00. The molecule has 0 radical (unpaired) electrons. The van der Waals surface area contributed by atoms with Crippen LogP contribution < -0.4 is 0 Å². The van der Waals surface area contributed by atoms with Crippen LogP contribution in [0.1, 0.15) is 41.5 Å². The normalized spacial score (nSPS) is 14.0. The second-order valence-electron chi connectivity index (χ2n) is 6.06. The molecule has 1 amide bonds. The van der Waals surface area contributed by atoms with E-state index in [2.05, 4.69) is 0 Å². The fraction of sp³-hybridized carbons (Fsp3) is 0.750. The molecule has 0 saturated heterocycles. The molecule has 1 atom stereocenters. The van der Waals surface area contributed by atoms with Gasteiger partial charge in [-0.1, -0.05) is 11.6 Å². The fourth-order valence-electron chi connectivity index (χ4n) is 2.01. The van der Waals surface area contributed by atoms with E-state index in [9.17, 15) is 14.2 Å². The number of ether oxygens (including phenoxy) is 1. The number of esters is 1. The van der Waals surface area contributed by atoms with E-state index in [0.717, 1.165) is 0 Å². The maximum absolute atomic E-state index is 12.9. The van der Waals surface area contributed by atoms with Crippen molar-refractivity contribution in [1.29, 1.82) is 0 Å². The van der Waals surface area contributed by atoms with Crippen LogP contribution in [0.3, 0.4) is 0 Å². The number of hydrogen-bond acceptors (Lipinski definition) is 6. The Bertz CT molecular complexity index is 475. The highest BCUT2D eigenvalue weighted by atomic mass is 31.2. The van der Waals surface area contributed by atoms with Crippen LogP contribution in [0.5, 0.6) is 0 Å². The number of hydrogen-bond donors (Lipinski definition) is 0. The van der Waals surface area contributed by atoms with Gasteiger partial charge < -0.3 is 18.7 Å². The van der Waals surface area contributed by atoms with E-state index < -0.39 is 19.6 Å². The Morgan fingerprint density at radius 2 is 1.67 bits per heavy atom. The number of nitrogens with zero attached hydrogens (tertiary/aromatic N) is 1. The molecule has 0 aromatic carbocycles. The summed E-state index contributed by atoms with van der Waals surface area (Å²) in [7, 11) is -1.88. The first kappa shape index (κ1) is 22.8. The Hall–Kier alpha value is -1.17. The van der Waals surface area contributed by atoms with E-state index in [4.69, 9.17) is 13.8 Å². The average molecular weight is 363 g/mol. The summed E-state index contributed by atoms with van der Waals surface area (Å²) < 4.78 is 28.8. The minimum absolute atomic E-state index is 0.0337. The van der Waals surface area contributed by atoms with Crippen LogP contribution in [0, 0.1) is 0 Å². The standard InChI is InChI=1S/C16H30NO6P/c1-8-21-16(19)15(17(7)11-18)9-14(6)10-24(20,22-12(2)3)23-13(4)5/h9,11-13,15H,8,10H2,1-7H3/b14-9+. The zero-order valence-electron chi connectivity index (χ0n) is 15.6. The molecule has 0 aliphatic carbocycles. The molecule has 0 bridgehead atoms. The van der Waals surface area contributed by atoms with Gasteiger partial charge in [-0.15, -0.1) is 0 Å². The molecule has 24 heavy (non-hydrogen) atoms. The molecule has 0 saturated carbocycles. The summed E-state index contributed by atoms with van der Waals surface area (Å²) in [6, 6.07) is -0.881. The third-order valence-electron chi connectivity index (χ3n) is 2.76. The average Bonchev–Trinajstić information content (AvgIpc) is 2.41. The first-order valence-corrected chi connectivity index (χ1v) is 9.74. The summed E-state index contributed by atoms with van der Waals surface area (Å²) in [5.74, 6) is -0.546. The van der Waals surface area contributed by atoms with Crippen LogP contribution >= 0.6 is 7.60 Å². The number of amides is 1. The van der Waals surface area contributed by atoms with Gasteiger partial charge in [0.25, 0.3) is 0 Å². The molecule has 7 nitrogen and oxygen atoms in total. The van der Waals surface area contributed by atoms with E-state index in [1.807, 2.05) is 0 Å². The van der Waals surface area contributed by atoms with E-state index in [1.54, 1.807) is 47.6 Å². The maximum atomic E-state index is 12.9. The van der Waals surface area contributed by atoms with Crippen molar-refractivity contribution in [2.24, 2.45) is 0 Å². The van der Waals surface area contributed by atoms with Gasteiger partial charge in [-0.05, 0) is 41.5 Å². The van der Waals surface area contributed by atoms with E-state index in [1.165, 1.54) is 11.9 Å². The zero-order chi connectivity index (χ0) is 18.9. The van der Waals surface area contributed by atoms with E-state index >= 15 is 0 Å². The minimum atomic E-state index is -3.36. The number of rotatable bonds is 11. The van der Waals surface area contributed by atoms with Crippen LogP contribution in [0.25, 0.3) is 0 Å². The highest BCUT2D eigenvalue weighted by molar-refractivity contribution is 7.54. The second-order valence-corrected chi connectivity index (χ2v) is 8.02. The molecule has 0 aromatic rings. The van der Waals surface area contributed by atoms with Crippen molar-refractivity contribution in [1.82, 2.24) is 4.90 Å². The molecule has 0 aromatic heterocycles. The predicted molar refractivity (Wildman–Crippen MR) is 92.9 cm³/mol. The molecule has 0 rings (SSSR count). The molecule has 8 heteroatoms. The lowest BCUT2D eigenvalue weighted by Crippen LogP contribution is -2.37. The van der Waals surface area contributed by atoms with Gasteiger partial charge in [0.1, 0.15) is 6.04 Å². The van der Waals surface area contributed by atoms with Gasteiger partial charge in [0.2, 0.25) is 6.41 Å². The van der Waals surface area contributed by atoms with Crippen molar-refractivity contribution in [2.45, 2.75) is 59.8 Å². The van der Waals surface area contributed by atoms with Crippen molar-refractivity contribution in [2.75, 3.05) is 19.8 Å². The first-order chi connectivity index (χ1) is 11.0. The third-order valence-corrected chi connectivity index (χ3v) is 5.13. The van der Waals surface area contributed by atoms with Crippen LogP contribution in [-0.2, 0) is 27.9 Å². The summed E-state index contributed by atoms with van der Waals surface area (Å²) in [5, 5.41) is 0. The highest BCUT2D eigenvalue weighted by Gasteiger charge is 2.29. The second kappa shape index (κ2) is 10.6. The largest absolute Gasteiger partial charge is 0.464 e. The number of carbonyl (C=O) groups excluding carboxylic acids is 2. The van der Waals surface area contributed by atoms with Crippen molar-refractivity contribution < 1.29 is 27.9 Å². The molecule has 0 N–H and O–H groups in total. The van der Waals surface area contributed by atoms with Gasteiger partial charge in [0.05, 0.1) is 25.0 Å². The lowest BCUT2D eigenvalue weighted by molar-refractivity contribution is -0.149. The Labute approximate surface area is 144 Å². The molecule has 0 heterocycles. The summed E-state index contributed by atoms with van der Waals surface area (Å²) in [6.07, 6.45) is 1.60. The number of carbonyl (C=O) groups is 2. The molecular formula is C16H30NO6P. The van der Waals surface area contributed by atoms with Crippen molar-refractivity contribution in [3.63, 3.8) is 0 Å². The molecule has 140 valence electrons. The minimum Gasteiger partial charge on any atom is -0.464 e. The smallest absolute Gasteiger partial charge is 0.335 e. The van der Waals surface area contributed by atoms with Gasteiger partial charge >= 0.3 is 13.6 Å². The molecule has 1 unspecified atom stereocenters. The highest BCUT2D eigenvalue weighted by Crippen LogP contribution is 2.51. The quantitative estimate of drug-likeness (QED) is 0.243. The van der Waals surface area contributed by atoms with Crippen LogP contribution in [0.15, 0.2) is 11.6 Å². The number of allylic oxidation sites excluding steroid dienone is 1. The summed E-state index contributed by atoms with van der Waals surface area (Å²) in [6.45, 7) is 10.7. The van der Waals surface area contributed by atoms with Crippen LogP contribution in [-0.4, -0.2) is 55.3 Å². The topological polar surface area (TPSA) is 82.1 Å². The SMILES string of the molecule is CCOC(=O)C(/C=C(\C)CP(=O)(OC(C)C)OC(C)C)N(C)C=O. The molecule has 0 aliphatic rings. The van der Waals surface area contributed by atoms with Gasteiger partial charge in [0.15, 0.2) is 0 Å². The van der Waals surface area contributed by atoms with E-state index in [-0.39, 0.29) is 25.0 Å². The van der Waals surface area contributed by atoms with Gasteiger partial charge in [0, 0.05) is 7.05 Å². The summed E-state index contributed by atoms with van der Waals surface area (Å²) in [4.78, 5) is 24.2. The van der Waals surface area contributed by atoms with E-state index in [0.29, 0.717) is 12.0 Å². The molecular weight excluding hydrogens is 333 g/mol. The molecule has 0 aliphatic heterocycles. The van der Waals surface area contributed by atoms with Gasteiger partial charge in [-0.2, -0.15) is 0 Å².